The van der Waals surface area contributed by atoms with E-state index in [4.69, 9.17) is 9.47 Å². The number of aliphatic imine (C=N–C) groups is 1. The van der Waals surface area contributed by atoms with Gasteiger partial charge in [0.2, 0.25) is 0 Å². The first-order valence-corrected chi connectivity index (χ1v) is 9.18. The number of aromatic nitrogens is 1. The number of esters is 1. The monoisotopic (exact) mass is 376 g/mol. The van der Waals surface area contributed by atoms with Crippen molar-refractivity contribution < 1.29 is 14.3 Å². The van der Waals surface area contributed by atoms with Gasteiger partial charge in [-0.15, -0.1) is 0 Å². The molecule has 1 heterocycles. The summed E-state index contributed by atoms with van der Waals surface area (Å²) in [7, 11) is 1.65. The zero-order chi connectivity index (χ0) is 20.1. The van der Waals surface area contributed by atoms with Crippen LogP contribution in [0.4, 0.5) is 5.69 Å². The highest BCUT2D eigenvalue weighted by Crippen LogP contribution is 2.22. The second-order valence-corrected chi connectivity index (χ2v) is 6.39. The van der Waals surface area contributed by atoms with Crippen LogP contribution in [-0.4, -0.2) is 30.5 Å². The molecule has 0 bridgehead atoms. The Hall–Kier alpha value is -3.34. The van der Waals surface area contributed by atoms with Gasteiger partial charge < -0.3 is 14.0 Å². The summed E-state index contributed by atoms with van der Waals surface area (Å²) in [5.41, 5.74) is 5.63. The summed E-state index contributed by atoms with van der Waals surface area (Å²) in [4.78, 5) is 16.4. The van der Waals surface area contributed by atoms with Crippen LogP contribution in [0, 0.1) is 13.8 Å². The minimum atomic E-state index is -0.303. The lowest BCUT2D eigenvalue weighted by Gasteiger charge is -2.10. The van der Waals surface area contributed by atoms with E-state index in [9.17, 15) is 4.79 Å². The van der Waals surface area contributed by atoms with Crippen molar-refractivity contribution in [2.75, 3.05) is 13.7 Å². The molecule has 0 unspecified atom stereocenters. The number of carbonyl (C=O) groups is 1. The van der Waals surface area contributed by atoms with E-state index in [2.05, 4.69) is 29.5 Å². The Balaban J connectivity index is 1.85. The van der Waals surface area contributed by atoms with Gasteiger partial charge in [-0.2, -0.15) is 0 Å². The van der Waals surface area contributed by atoms with Gasteiger partial charge in [0.25, 0.3) is 0 Å². The summed E-state index contributed by atoms with van der Waals surface area (Å²) in [6.07, 6.45) is 1.87. The van der Waals surface area contributed by atoms with Crippen LogP contribution in [-0.2, 0) is 4.74 Å². The number of benzene rings is 2. The van der Waals surface area contributed by atoms with E-state index in [-0.39, 0.29) is 5.97 Å². The molecule has 0 spiro atoms. The topological polar surface area (TPSA) is 52.8 Å². The maximum atomic E-state index is 11.8. The molecule has 0 atom stereocenters. The maximum absolute atomic E-state index is 11.8. The summed E-state index contributed by atoms with van der Waals surface area (Å²) in [6, 6.07) is 17.1. The van der Waals surface area contributed by atoms with Crippen LogP contribution in [0.15, 0.2) is 59.6 Å². The van der Waals surface area contributed by atoms with Crippen molar-refractivity contribution in [1.82, 2.24) is 4.57 Å². The van der Waals surface area contributed by atoms with Crippen molar-refractivity contribution in [3.05, 3.63) is 77.1 Å². The predicted molar refractivity (Wildman–Crippen MR) is 111 cm³/mol. The second-order valence-electron chi connectivity index (χ2n) is 6.39. The number of ether oxygens (including phenoxy) is 2. The summed E-state index contributed by atoms with van der Waals surface area (Å²) < 4.78 is 12.4. The van der Waals surface area contributed by atoms with Crippen LogP contribution in [0.25, 0.3) is 5.69 Å². The number of hydrogen-bond acceptors (Lipinski definition) is 4. The van der Waals surface area contributed by atoms with Crippen LogP contribution in [0.3, 0.4) is 0 Å². The summed E-state index contributed by atoms with van der Waals surface area (Å²) >= 11 is 0. The molecule has 0 saturated heterocycles. The van der Waals surface area contributed by atoms with E-state index < -0.39 is 0 Å². The molecule has 0 aliphatic heterocycles. The Morgan fingerprint density at radius 2 is 1.75 bits per heavy atom. The van der Waals surface area contributed by atoms with Crippen molar-refractivity contribution in [3.8, 4) is 11.4 Å². The summed E-state index contributed by atoms with van der Waals surface area (Å²) in [5, 5.41) is 0. The molecule has 0 radical (unpaired) electrons. The van der Waals surface area contributed by atoms with Crippen LogP contribution < -0.4 is 4.74 Å². The average Bonchev–Trinajstić information content (AvgIpc) is 3.00. The molecule has 0 amide bonds. The van der Waals surface area contributed by atoms with Gasteiger partial charge in [0.1, 0.15) is 5.75 Å². The predicted octanol–water partition coefficient (Wildman–Crippen LogP) is 5.03. The van der Waals surface area contributed by atoms with Gasteiger partial charge in [-0.25, -0.2) is 4.79 Å². The second kappa shape index (κ2) is 8.57. The van der Waals surface area contributed by atoms with Crippen LogP contribution in [0.2, 0.25) is 0 Å². The number of methoxy groups -OCH3 is 1. The Bertz CT molecular complexity index is 984. The molecule has 0 aliphatic carbocycles. The molecule has 0 N–H and O–H groups in total. The smallest absolute Gasteiger partial charge is 0.338 e. The molecule has 0 aliphatic rings. The van der Waals surface area contributed by atoms with Crippen molar-refractivity contribution in [3.63, 3.8) is 0 Å². The molecule has 2 aromatic carbocycles. The third-order valence-corrected chi connectivity index (χ3v) is 4.53. The fraction of sp³-hybridized carbons (Fsp3) is 0.217. The lowest BCUT2D eigenvalue weighted by atomic mass is 10.2. The third kappa shape index (κ3) is 4.14. The number of aryl methyl sites for hydroxylation is 1. The van der Waals surface area contributed by atoms with E-state index in [1.54, 1.807) is 26.2 Å². The van der Waals surface area contributed by atoms with Gasteiger partial charge in [0.05, 0.1) is 25.0 Å². The molecule has 1 aromatic heterocycles. The van der Waals surface area contributed by atoms with Gasteiger partial charge in [-0.3, -0.25) is 4.99 Å². The Kier molecular flexibility index (Phi) is 5.94. The lowest BCUT2D eigenvalue weighted by Crippen LogP contribution is -2.05. The molecule has 28 heavy (non-hydrogen) atoms. The van der Waals surface area contributed by atoms with Crippen LogP contribution >= 0.6 is 0 Å². The number of carbonyl (C=O) groups excluding carboxylic acids is 1. The largest absolute Gasteiger partial charge is 0.497 e. The molecule has 144 valence electrons. The van der Waals surface area contributed by atoms with Crippen LogP contribution in [0.1, 0.15) is 34.2 Å². The summed E-state index contributed by atoms with van der Waals surface area (Å²) in [6.45, 7) is 6.28. The highest BCUT2D eigenvalue weighted by molar-refractivity contribution is 5.89. The first-order chi connectivity index (χ1) is 13.5. The van der Waals surface area contributed by atoms with Crippen molar-refractivity contribution in [2.45, 2.75) is 20.8 Å². The van der Waals surface area contributed by atoms with Gasteiger partial charge in [0.15, 0.2) is 0 Å². The standard InChI is InChI=1S/C23H24N2O3/c1-5-28-23(26)18-6-10-21(11-7-18)25-16(2)14-19(17(25)3)15-24-20-8-12-22(27-4)13-9-20/h6-15H,5H2,1-4H3. The van der Waals surface area contributed by atoms with E-state index in [0.717, 1.165) is 34.1 Å². The normalized spacial score (nSPS) is 11.0. The van der Waals surface area contributed by atoms with E-state index in [0.29, 0.717) is 12.2 Å². The highest BCUT2D eigenvalue weighted by atomic mass is 16.5. The molecule has 3 aromatic rings. The third-order valence-electron chi connectivity index (χ3n) is 4.53. The van der Waals surface area contributed by atoms with E-state index >= 15 is 0 Å². The number of hydrogen-bond donors (Lipinski definition) is 0. The first-order valence-electron chi connectivity index (χ1n) is 9.18. The minimum absolute atomic E-state index is 0.303. The van der Waals surface area contributed by atoms with Crippen molar-refractivity contribution >= 4 is 17.9 Å². The average molecular weight is 376 g/mol. The molecular formula is C23H24N2O3. The maximum Gasteiger partial charge on any atom is 0.338 e. The molecular weight excluding hydrogens is 352 g/mol. The molecule has 5 nitrogen and oxygen atoms in total. The van der Waals surface area contributed by atoms with Gasteiger partial charge in [0, 0.05) is 28.9 Å². The number of nitrogens with zero attached hydrogens (tertiary/aromatic N) is 2. The molecule has 0 saturated carbocycles. The van der Waals surface area contributed by atoms with Gasteiger partial charge in [-0.1, -0.05) is 0 Å². The van der Waals surface area contributed by atoms with E-state index in [1.807, 2.05) is 42.6 Å². The quantitative estimate of drug-likeness (QED) is 0.448. The van der Waals surface area contributed by atoms with E-state index in [1.165, 1.54) is 0 Å². The lowest BCUT2D eigenvalue weighted by molar-refractivity contribution is 0.0526. The Morgan fingerprint density at radius 3 is 2.36 bits per heavy atom. The fourth-order valence-electron chi connectivity index (χ4n) is 3.09. The van der Waals surface area contributed by atoms with Crippen molar-refractivity contribution in [1.29, 1.82) is 0 Å². The highest BCUT2D eigenvalue weighted by Gasteiger charge is 2.11. The van der Waals surface area contributed by atoms with Crippen molar-refractivity contribution in [2.24, 2.45) is 4.99 Å². The molecule has 3 rings (SSSR count). The van der Waals surface area contributed by atoms with Crippen LogP contribution in [0.5, 0.6) is 5.75 Å². The SMILES string of the molecule is CCOC(=O)c1ccc(-n2c(C)cc(C=Nc3ccc(OC)cc3)c2C)cc1. The van der Waals surface area contributed by atoms with Gasteiger partial charge in [-0.05, 0) is 75.4 Å². The minimum Gasteiger partial charge on any atom is -0.497 e. The molecule has 5 heteroatoms. The zero-order valence-electron chi connectivity index (χ0n) is 16.6. The Labute approximate surface area is 165 Å². The fourth-order valence-corrected chi connectivity index (χ4v) is 3.09. The first kappa shape index (κ1) is 19.4. The number of rotatable bonds is 6. The Morgan fingerprint density at radius 1 is 1.07 bits per heavy atom. The van der Waals surface area contributed by atoms with Gasteiger partial charge >= 0.3 is 5.97 Å². The molecule has 0 fully saturated rings. The zero-order valence-corrected chi connectivity index (χ0v) is 16.6. The summed E-state index contributed by atoms with van der Waals surface area (Å²) in [5.74, 6) is 0.505.